The predicted molar refractivity (Wildman–Crippen MR) is 287 cm³/mol. The lowest BCUT2D eigenvalue weighted by Crippen LogP contribution is -2.60. The van der Waals surface area contributed by atoms with Crippen LogP contribution in [-0.2, 0) is 14.3 Å². The second kappa shape index (κ2) is 48.6. The van der Waals surface area contributed by atoms with E-state index in [2.05, 4.69) is 43.5 Å². The molecule has 406 valence electrons. The van der Waals surface area contributed by atoms with E-state index in [4.69, 9.17) is 9.47 Å². The Balaban J connectivity index is 2.24. The summed E-state index contributed by atoms with van der Waals surface area (Å²) in [6, 6.07) is -0.997. The van der Waals surface area contributed by atoms with Gasteiger partial charge in [0.25, 0.3) is 0 Å². The summed E-state index contributed by atoms with van der Waals surface area (Å²) >= 11 is 0. The number of carbonyl (C=O) groups is 1. The highest BCUT2D eigenvalue weighted by Gasteiger charge is 2.44. The first kappa shape index (κ1) is 65.4. The molecule has 1 fully saturated rings. The van der Waals surface area contributed by atoms with Gasteiger partial charge in [-0.3, -0.25) is 4.79 Å². The van der Waals surface area contributed by atoms with Crippen molar-refractivity contribution < 1.29 is 44.9 Å². The van der Waals surface area contributed by atoms with Gasteiger partial charge >= 0.3 is 0 Å². The topological polar surface area (TPSA) is 169 Å². The van der Waals surface area contributed by atoms with Gasteiger partial charge in [-0.1, -0.05) is 249 Å². The fraction of sp³-hybridized carbons (Fsp3) is 0.881. The molecule has 1 heterocycles. The lowest BCUT2D eigenvalue weighted by atomic mass is 9.99. The maximum Gasteiger partial charge on any atom is 0.249 e. The normalized spacial score (nSPS) is 20.1. The summed E-state index contributed by atoms with van der Waals surface area (Å²) < 4.78 is 11.2. The van der Waals surface area contributed by atoms with Gasteiger partial charge in [0.05, 0.1) is 25.4 Å². The average molecular weight is 979 g/mol. The second-order valence-corrected chi connectivity index (χ2v) is 20.6. The third-order valence-electron chi connectivity index (χ3n) is 14.0. The zero-order valence-electron chi connectivity index (χ0n) is 44.7. The molecule has 0 spiro atoms. The van der Waals surface area contributed by atoms with Crippen molar-refractivity contribution in [1.29, 1.82) is 0 Å². The second-order valence-electron chi connectivity index (χ2n) is 20.6. The number of allylic oxidation sites excluding steroid dienone is 5. The van der Waals surface area contributed by atoms with Crippen LogP contribution >= 0.6 is 0 Å². The van der Waals surface area contributed by atoms with E-state index in [0.717, 1.165) is 32.1 Å². The van der Waals surface area contributed by atoms with E-state index in [0.29, 0.717) is 19.3 Å². The molecule has 0 aliphatic carbocycles. The molecule has 1 amide bonds. The minimum Gasteiger partial charge on any atom is -0.394 e. The van der Waals surface area contributed by atoms with Crippen molar-refractivity contribution in [3.63, 3.8) is 0 Å². The fourth-order valence-corrected chi connectivity index (χ4v) is 9.29. The monoisotopic (exact) mass is 978 g/mol. The minimum atomic E-state index is -1.62. The molecule has 0 aromatic heterocycles. The summed E-state index contributed by atoms with van der Waals surface area (Å²) in [5.41, 5.74) is 0. The van der Waals surface area contributed by atoms with E-state index < -0.39 is 61.5 Å². The molecular weight excluding hydrogens is 867 g/mol. The summed E-state index contributed by atoms with van der Waals surface area (Å²) in [5.74, 6) is -0.624. The van der Waals surface area contributed by atoms with Crippen LogP contribution in [0.2, 0.25) is 0 Å². The fourth-order valence-electron chi connectivity index (χ4n) is 9.29. The lowest BCUT2D eigenvalue weighted by molar-refractivity contribution is -0.302. The van der Waals surface area contributed by atoms with Gasteiger partial charge in [-0.25, -0.2) is 0 Å². The summed E-state index contributed by atoms with van der Waals surface area (Å²) in [7, 11) is 0. The minimum absolute atomic E-state index is 0.304. The number of nitrogens with one attached hydrogen (secondary N) is 1. The Hall–Kier alpha value is -1.63. The van der Waals surface area contributed by atoms with Crippen molar-refractivity contribution >= 4 is 5.91 Å². The zero-order valence-corrected chi connectivity index (χ0v) is 44.7. The van der Waals surface area contributed by atoms with Crippen LogP contribution in [0.3, 0.4) is 0 Å². The molecule has 8 atom stereocenters. The molecule has 10 heteroatoms. The molecule has 0 bridgehead atoms. The summed E-state index contributed by atoms with van der Waals surface area (Å²) in [6.45, 7) is 3.62. The van der Waals surface area contributed by atoms with Crippen molar-refractivity contribution in [3.05, 3.63) is 36.5 Å². The van der Waals surface area contributed by atoms with Gasteiger partial charge in [0.15, 0.2) is 6.29 Å². The first-order valence-electron chi connectivity index (χ1n) is 29.3. The smallest absolute Gasteiger partial charge is 0.249 e. The van der Waals surface area contributed by atoms with Crippen LogP contribution < -0.4 is 5.32 Å². The Morgan fingerprint density at radius 3 is 1.26 bits per heavy atom. The molecule has 8 unspecified atom stereocenters. The molecule has 69 heavy (non-hydrogen) atoms. The zero-order chi connectivity index (χ0) is 50.3. The summed E-state index contributed by atoms with van der Waals surface area (Å²) in [5, 5.41) is 65.0. The number of hydrogen-bond donors (Lipinski definition) is 7. The van der Waals surface area contributed by atoms with Crippen molar-refractivity contribution in [2.75, 3.05) is 13.2 Å². The van der Waals surface area contributed by atoms with Gasteiger partial charge in [-0.05, 0) is 57.8 Å². The molecule has 0 radical (unpaired) electrons. The molecule has 7 N–H and O–H groups in total. The van der Waals surface area contributed by atoms with E-state index >= 15 is 0 Å². The molecule has 0 aromatic carbocycles. The molecule has 0 saturated carbocycles. The average Bonchev–Trinajstić information content (AvgIpc) is 3.35. The van der Waals surface area contributed by atoms with Gasteiger partial charge in [-0.2, -0.15) is 0 Å². The van der Waals surface area contributed by atoms with E-state index in [9.17, 15) is 35.4 Å². The van der Waals surface area contributed by atoms with Gasteiger partial charge in [0, 0.05) is 0 Å². The van der Waals surface area contributed by atoms with E-state index in [1.165, 1.54) is 205 Å². The molecule has 1 saturated heterocycles. The van der Waals surface area contributed by atoms with Crippen LogP contribution in [-0.4, -0.2) is 98.7 Å². The number of unbranched alkanes of at least 4 members (excludes halogenated alkanes) is 35. The first-order valence-corrected chi connectivity index (χ1v) is 29.3. The first-order chi connectivity index (χ1) is 33.8. The number of rotatable bonds is 50. The summed E-state index contributed by atoms with van der Waals surface area (Å²) in [4.78, 5) is 13.1. The van der Waals surface area contributed by atoms with Gasteiger partial charge in [-0.15, -0.1) is 0 Å². The SMILES string of the molecule is CCCCCCCCCCCC/C=C/CC/C=C/C(O)C(COC1OC(CO)C(O)C(O)C1O)NC(=O)C(O)CCCCCCCCCCCCCC/C=C\CCCCCCCCCCCCCC. The number of amides is 1. The van der Waals surface area contributed by atoms with E-state index in [1.54, 1.807) is 6.08 Å². The lowest BCUT2D eigenvalue weighted by Gasteiger charge is -2.40. The number of aliphatic hydroxyl groups excluding tert-OH is 6. The van der Waals surface area contributed by atoms with Gasteiger partial charge in [0.1, 0.15) is 30.5 Å². The number of carbonyl (C=O) groups excluding carboxylic acids is 1. The van der Waals surface area contributed by atoms with Crippen LogP contribution in [0, 0.1) is 0 Å². The molecule has 1 aliphatic heterocycles. The Morgan fingerprint density at radius 2 is 0.855 bits per heavy atom. The van der Waals surface area contributed by atoms with Crippen LogP contribution in [0.4, 0.5) is 0 Å². The van der Waals surface area contributed by atoms with Gasteiger partial charge in [0.2, 0.25) is 5.91 Å². The third-order valence-corrected chi connectivity index (χ3v) is 14.0. The van der Waals surface area contributed by atoms with Crippen LogP contribution in [0.25, 0.3) is 0 Å². The third kappa shape index (κ3) is 37.7. The van der Waals surface area contributed by atoms with E-state index in [1.807, 2.05) is 6.08 Å². The van der Waals surface area contributed by atoms with Crippen LogP contribution in [0.1, 0.15) is 271 Å². The quantitative estimate of drug-likeness (QED) is 0.0232. The predicted octanol–water partition coefficient (Wildman–Crippen LogP) is 13.3. The van der Waals surface area contributed by atoms with Crippen LogP contribution in [0.5, 0.6) is 0 Å². The number of hydrogen-bond acceptors (Lipinski definition) is 9. The summed E-state index contributed by atoms with van der Waals surface area (Å²) in [6.07, 6.45) is 52.6. The molecule has 1 aliphatic rings. The molecule has 0 aromatic rings. The standard InChI is InChI=1S/C59H111NO9/c1-3-5-7-9-11-13-15-17-19-21-22-23-24-25-26-27-28-29-30-31-32-34-36-38-40-42-44-46-48-53(63)58(67)60-51(50-68-59-57(66)56(65)55(64)54(49-61)69-59)52(62)47-45-43-41-39-37-35-33-20-18-16-14-12-10-8-6-4-2/h25-26,37,39,45,47,51-57,59,61-66H,3-24,27-36,38,40-44,46,48-50H2,1-2H3,(H,60,67)/b26-25-,39-37+,47-45+. The van der Waals surface area contributed by atoms with Gasteiger partial charge < -0.3 is 45.4 Å². The number of aliphatic hydroxyl groups is 6. The van der Waals surface area contributed by atoms with Crippen molar-refractivity contribution in [1.82, 2.24) is 5.32 Å². The Bertz CT molecular complexity index is 1200. The largest absolute Gasteiger partial charge is 0.394 e. The number of ether oxygens (including phenoxy) is 2. The molecule has 10 nitrogen and oxygen atoms in total. The molecule has 1 rings (SSSR count). The highest BCUT2D eigenvalue weighted by atomic mass is 16.7. The van der Waals surface area contributed by atoms with E-state index in [-0.39, 0.29) is 6.61 Å². The Kier molecular flexibility index (Phi) is 46.1. The highest BCUT2D eigenvalue weighted by Crippen LogP contribution is 2.23. The van der Waals surface area contributed by atoms with Crippen LogP contribution in [0.15, 0.2) is 36.5 Å². The van der Waals surface area contributed by atoms with Crippen molar-refractivity contribution in [2.24, 2.45) is 0 Å². The maximum absolute atomic E-state index is 13.1. The van der Waals surface area contributed by atoms with Crippen molar-refractivity contribution in [3.8, 4) is 0 Å². The Labute approximate surface area is 424 Å². The highest BCUT2D eigenvalue weighted by molar-refractivity contribution is 5.80. The molecular formula is C59H111NO9. The Morgan fingerprint density at radius 1 is 0.493 bits per heavy atom. The van der Waals surface area contributed by atoms with Crippen molar-refractivity contribution in [2.45, 2.75) is 320 Å². The maximum atomic E-state index is 13.1.